The summed E-state index contributed by atoms with van der Waals surface area (Å²) in [5.74, 6) is 0.483. The molecular weight excluding hydrogens is 234 g/mol. The summed E-state index contributed by atoms with van der Waals surface area (Å²) in [6.45, 7) is 0.719. The number of thioether (sulfide) groups is 2. The van der Waals surface area contributed by atoms with Gasteiger partial charge in [-0.05, 0) is 18.6 Å². The third kappa shape index (κ3) is 5.94. The first-order valence-electron chi connectivity index (χ1n) is 4.86. The Labute approximate surface area is 97.6 Å². The monoisotopic (exact) mass is 249 g/mol. The highest BCUT2D eigenvalue weighted by Gasteiger charge is 2.16. The molecule has 1 aliphatic rings. The lowest BCUT2D eigenvalue weighted by atomic mass is 10.2. The van der Waals surface area contributed by atoms with E-state index in [1.807, 2.05) is 11.8 Å². The fourth-order valence-corrected chi connectivity index (χ4v) is 3.08. The van der Waals surface area contributed by atoms with Gasteiger partial charge in [-0.3, -0.25) is 9.59 Å². The molecule has 86 valence electrons. The van der Waals surface area contributed by atoms with Crippen LogP contribution in [-0.4, -0.2) is 46.0 Å². The third-order valence-corrected chi connectivity index (χ3v) is 4.33. The summed E-state index contributed by atoms with van der Waals surface area (Å²) in [5.41, 5.74) is 0. The van der Waals surface area contributed by atoms with Gasteiger partial charge in [0.05, 0.1) is 11.5 Å². The van der Waals surface area contributed by atoms with Crippen molar-refractivity contribution < 1.29 is 14.7 Å². The van der Waals surface area contributed by atoms with Crippen molar-refractivity contribution in [3.8, 4) is 0 Å². The lowest BCUT2D eigenvalue weighted by molar-refractivity contribution is -0.133. The summed E-state index contributed by atoms with van der Waals surface area (Å²) in [6.07, 6.45) is 2.41. The molecule has 1 amide bonds. The molecule has 4 nitrogen and oxygen atoms in total. The summed E-state index contributed by atoms with van der Waals surface area (Å²) in [4.78, 5) is 21.4. The summed E-state index contributed by atoms with van der Waals surface area (Å²) in [7, 11) is 0. The SMILES string of the molecule is O=C(O)CSCC(=O)NCC1CCCS1. The summed E-state index contributed by atoms with van der Waals surface area (Å²) in [5, 5.41) is 11.8. The van der Waals surface area contributed by atoms with E-state index in [4.69, 9.17) is 5.11 Å². The van der Waals surface area contributed by atoms with Gasteiger partial charge in [0.1, 0.15) is 0 Å². The molecule has 1 atom stereocenters. The molecule has 0 aliphatic carbocycles. The van der Waals surface area contributed by atoms with Crippen LogP contribution >= 0.6 is 23.5 Å². The summed E-state index contributed by atoms with van der Waals surface area (Å²) in [6, 6.07) is 0. The Morgan fingerprint density at radius 1 is 1.47 bits per heavy atom. The van der Waals surface area contributed by atoms with Gasteiger partial charge in [0.25, 0.3) is 0 Å². The van der Waals surface area contributed by atoms with E-state index in [0.29, 0.717) is 5.25 Å². The number of amides is 1. The average Bonchev–Trinajstić information content (AvgIpc) is 2.66. The highest BCUT2D eigenvalue weighted by molar-refractivity contribution is 8.00. The number of carbonyl (C=O) groups excluding carboxylic acids is 1. The van der Waals surface area contributed by atoms with E-state index >= 15 is 0 Å². The Hall–Kier alpha value is -0.360. The number of carboxylic acid groups (broad SMARTS) is 1. The van der Waals surface area contributed by atoms with Crippen LogP contribution in [0.25, 0.3) is 0 Å². The minimum absolute atomic E-state index is 0.00833. The molecule has 0 aromatic rings. The molecule has 0 saturated carbocycles. The Balaban J connectivity index is 2.00. The molecule has 2 N–H and O–H groups in total. The van der Waals surface area contributed by atoms with Crippen LogP contribution in [0.2, 0.25) is 0 Å². The van der Waals surface area contributed by atoms with Crippen molar-refractivity contribution >= 4 is 35.4 Å². The van der Waals surface area contributed by atoms with E-state index in [2.05, 4.69) is 5.32 Å². The quantitative estimate of drug-likeness (QED) is 0.729. The van der Waals surface area contributed by atoms with Crippen LogP contribution in [0.1, 0.15) is 12.8 Å². The van der Waals surface area contributed by atoms with Crippen LogP contribution in [0.15, 0.2) is 0 Å². The summed E-state index contributed by atoms with van der Waals surface area (Å²) >= 11 is 3.03. The molecule has 1 aliphatic heterocycles. The first-order chi connectivity index (χ1) is 7.18. The molecular formula is C9H15NO3S2. The van der Waals surface area contributed by atoms with Gasteiger partial charge in [-0.2, -0.15) is 11.8 Å². The second-order valence-electron chi connectivity index (χ2n) is 3.33. The molecule has 0 aromatic carbocycles. The largest absolute Gasteiger partial charge is 0.481 e. The van der Waals surface area contributed by atoms with Gasteiger partial charge in [0.15, 0.2) is 0 Å². The van der Waals surface area contributed by atoms with Crippen molar-refractivity contribution in [3.05, 3.63) is 0 Å². The van der Waals surface area contributed by atoms with Gasteiger partial charge < -0.3 is 10.4 Å². The number of nitrogens with one attached hydrogen (secondary N) is 1. The zero-order valence-corrected chi connectivity index (χ0v) is 10.0. The van der Waals surface area contributed by atoms with E-state index < -0.39 is 5.97 Å². The molecule has 1 fully saturated rings. The fourth-order valence-electron chi connectivity index (χ4n) is 1.32. The topological polar surface area (TPSA) is 66.4 Å². The number of hydrogen-bond acceptors (Lipinski definition) is 4. The first kappa shape index (κ1) is 12.7. The molecule has 1 heterocycles. The van der Waals surface area contributed by atoms with E-state index in [0.717, 1.165) is 18.3 Å². The van der Waals surface area contributed by atoms with E-state index in [1.54, 1.807) is 0 Å². The Morgan fingerprint density at radius 2 is 2.27 bits per heavy atom. The maximum atomic E-state index is 11.2. The lowest BCUT2D eigenvalue weighted by Crippen LogP contribution is -2.31. The number of carbonyl (C=O) groups is 2. The van der Waals surface area contributed by atoms with Crippen molar-refractivity contribution in [1.29, 1.82) is 0 Å². The molecule has 0 spiro atoms. The smallest absolute Gasteiger partial charge is 0.313 e. The standard InChI is InChI=1S/C9H15NO3S2/c11-8(5-14-6-9(12)13)10-4-7-2-1-3-15-7/h7H,1-6H2,(H,10,11)(H,12,13). The highest BCUT2D eigenvalue weighted by atomic mass is 32.2. The number of rotatable bonds is 6. The maximum Gasteiger partial charge on any atom is 0.313 e. The van der Waals surface area contributed by atoms with E-state index in [1.165, 1.54) is 18.6 Å². The number of carboxylic acids is 1. The van der Waals surface area contributed by atoms with Crippen molar-refractivity contribution in [2.75, 3.05) is 23.8 Å². The van der Waals surface area contributed by atoms with E-state index in [-0.39, 0.29) is 17.4 Å². The molecule has 0 radical (unpaired) electrons. The van der Waals surface area contributed by atoms with Gasteiger partial charge in [-0.15, -0.1) is 11.8 Å². The summed E-state index contributed by atoms with van der Waals surface area (Å²) < 4.78 is 0. The van der Waals surface area contributed by atoms with Crippen molar-refractivity contribution in [3.63, 3.8) is 0 Å². The molecule has 0 bridgehead atoms. The Morgan fingerprint density at radius 3 is 2.87 bits per heavy atom. The Kier molecular flexibility index (Phi) is 5.93. The number of hydrogen-bond donors (Lipinski definition) is 2. The third-order valence-electron chi connectivity index (χ3n) is 2.01. The van der Waals surface area contributed by atoms with Gasteiger partial charge in [-0.1, -0.05) is 0 Å². The van der Waals surface area contributed by atoms with Crippen molar-refractivity contribution in [1.82, 2.24) is 5.32 Å². The lowest BCUT2D eigenvalue weighted by Gasteiger charge is -2.09. The van der Waals surface area contributed by atoms with Crippen molar-refractivity contribution in [2.45, 2.75) is 18.1 Å². The molecule has 15 heavy (non-hydrogen) atoms. The fraction of sp³-hybridized carbons (Fsp3) is 0.778. The van der Waals surface area contributed by atoms with Crippen LogP contribution in [0, 0.1) is 0 Å². The van der Waals surface area contributed by atoms with Crippen molar-refractivity contribution in [2.24, 2.45) is 0 Å². The highest BCUT2D eigenvalue weighted by Crippen LogP contribution is 2.25. The normalized spacial score (nSPS) is 20.1. The van der Waals surface area contributed by atoms with Crippen LogP contribution < -0.4 is 5.32 Å². The van der Waals surface area contributed by atoms with Crippen LogP contribution in [0.5, 0.6) is 0 Å². The average molecular weight is 249 g/mol. The van der Waals surface area contributed by atoms with Gasteiger partial charge in [0, 0.05) is 11.8 Å². The number of aliphatic carboxylic acids is 1. The zero-order valence-electron chi connectivity index (χ0n) is 8.40. The van der Waals surface area contributed by atoms with Crippen LogP contribution in [-0.2, 0) is 9.59 Å². The van der Waals surface area contributed by atoms with Gasteiger partial charge in [0.2, 0.25) is 5.91 Å². The second kappa shape index (κ2) is 7.00. The second-order valence-corrected chi connectivity index (χ2v) is 5.72. The minimum atomic E-state index is -0.876. The molecule has 1 unspecified atom stereocenters. The van der Waals surface area contributed by atoms with Crippen LogP contribution in [0.3, 0.4) is 0 Å². The molecule has 6 heteroatoms. The molecule has 1 rings (SSSR count). The molecule has 1 saturated heterocycles. The van der Waals surface area contributed by atoms with Gasteiger partial charge >= 0.3 is 5.97 Å². The predicted octanol–water partition coefficient (Wildman–Crippen LogP) is 0.816. The van der Waals surface area contributed by atoms with Crippen LogP contribution in [0.4, 0.5) is 0 Å². The first-order valence-corrected chi connectivity index (χ1v) is 7.06. The van der Waals surface area contributed by atoms with Gasteiger partial charge in [-0.25, -0.2) is 0 Å². The Bertz CT molecular complexity index is 229. The predicted molar refractivity (Wildman–Crippen MR) is 63.5 cm³/mol. The molecule has 0 aromatic heterocycles. The van der Waals surface area contributed by atoms with E-state index in [9.17, 15) is 9.59 Å². The maximum absolute atomic E-state index is 11.2. The zero-order chi connectivity index (χ0) is 11.1. The minimum Gasteiger partial charge on any atom is -0.481 e.